The Morgan fingerprint density at radius 2 is 1.95 bits per heavy atom. The number of carbonyl (C=O) groups excluding carboxylic acids is 1. The maximum Gasteiger partial charge on any atom is 0.270 e. The van der Waals surface area contributed by atoms with Crippen molar-refractivity contribution in [3.63, 3.8) is 0 Å². The maximum atomic E-state index is 13.5. The minimum atomic E-state index is -0.373. The van der Waals surface area contributed by atoms with Crippen molar-refractivity contribution in [3.05, 3.63) is 53.6 Å². The van der Waals surface area contributed by atoms with Gasteiger partial charge in [0.1, 0.15) is 11.5 Å². The van der Waals surface area contributed by atoms with Gasteiger partial charge >= 0.3 is 0 Å². The van der Waals surface area contributed by atoms with Gasteiger partial charge in [0.05, 0.1) is 0 Å². The van der Waals surface area contributed by atoms with Crippen LogP contribution in [0.4, 0.5) is 10.3 Å². The van der Waals surface area contributed by atoms with Crippen LogP contribution in [0.15, 0.2) is 36.5 Å². The number of aromatic nitrogens is 2. The Balaban J connectivity index is 2.04. The molecule has 0 spiro atoms. The first-order valence-corrected chi connectivity index (χ1v) is 6.98. The average molecular weight is 302 g/mol. The maximum absolute atomic E-state index is 13.5. The number of rotatable bonds is 4. The van der Waals surface area contributed by atoms with Gasteiger partial charge in [-0.2, -0.15) is 0 Å². The van der Waals surface area contributed by atoms with Crippen LogP contribution in [0.3, 0.4) is 0 Å². The van der Waals surface area contributed by atoms with Crippen LogP contribution in [0.2, 0.25) is 0 Å². The molecule has 0 saturated heterocycles. The van der Waals surface area contributed by atoms with Crippen molar-refractivity contribution in [1.29, 1.82) is 0 Å². The molecular formula is C16H19FN4O. The second-order valence-corrected chi connectivity index (χ2v) is 5.91. The number of nitrogens with zero attached hydrogens (tertiary/aromatic N) is 2. The summed E-state index contributed by atoms with van der Waals surface area (Å²) in [6, 6.07) is 7.83. The van der Waals surface area contributed by atoms with Crippen molar-refractivity contribution < 1.29 is 9.18 Å². The molecule has 116 valence electrons. The minimum absolute atomic E-state index is 0.109. The fraction of sp³-hybridized carbons (Fsp3) is 0.312. The second-order valence-electron chi connectivity index (χ2n) is 5.91. The Bertz CT molecular complexity index is 667. The van der Waals surface area contributed by atoms with Gasteiger partial charge < -0.3 is 10.6 Å². The number of hydrogen-bond donors (Lipinski definition) is 2. The molecule has 1 heterocycles. The summed E-state index contributed by atoms with van der Waals surface area (Å²) in [4.78, 5) is 20.3. The molecule has 0 atom stereocenters. The molecule has 0 aliphatic rings. The van der Waals surface area contributed by atoms with Crippen molar-refractivity contribution in [3.8, 4) is 0 Å². The molecule has 2 N–H and O–H groups in total. The van der Waals surface area contributed by atoms with E-state index in [2.05, 4.69) is 20.6 Å². The SMILES string of the molecule is CC(C)(C)Nc1nccc(C(=O)NCc2ccccc2F)n1. The molecule has 0 saturated carbocycles. The largest absolute Gasteiger partial charge is 0.350 e. The number of hydrogen-bond acceptors (Lipinski definition) is 4. The third-order valence-corrected chi connectivity index (χ3v) is 2.77. The highest BCUT2D eigenvalue weighted by molar-refractivity contribution is 5.92. The van der Waals surface area contributed by atoms with E-state index < -0.39 is 0 Å². The summed E-state index contributed by atoms with van der Waals surface area (Å²) in [6.07, 6.45) is 1.51. The Labute approximate surface area is 129 Å². The van der Waals surface area contributed by atoms with Gasteiger partial charge in [-0.25, -0.2) is 14.4 Å². The summed E-state index contributed by atoms with van der Waals surface area (Å²) in [5.74, 6) is -0.339. The molecule has 2 rings (SSSR count). The Hall–Kier alpha value is -2.50. The lowest BCUT2D eigenvalue weighted by molar-refractivity contribution is 0.0945. The van der Waals surface area contributed by atoms with Gasteiger partial charge in [-0.05, 0) is 32.9 Å². The molecule has 2 aromatic rings. The zero-order valence-electron chi connectivity index (χ0n) is 12.9. The molecule has 6 heteroatoms. The van der Waals surface area contributed by atoms with E-state index in [1.807, 2.05) is 20.8 Å². The van der Waals surface area contributed by atoms with Gasteiger partial charge in [0.25, 0.3) is 5.91 Å². The van der Waals surface area contributed by atoms with E-state index in [0.29, 0.717) is 11.5 Å². The Morgan fingerprint density at radius 3 is 2.64 bits per heavy atom. The van der Waals surface area contributed by atoms with E-state index in [0.717, 1.165) is 0 Å². The fourth-order valence-corrected chi connectivity index (χ4v) is 1.79. The predicted molar refractivity (Wildman–Crippen MR) is 83.0 cm³/mol. The van der Waals surface area contributed by atoms with E-state index in [4.69, 9.17) is 0 Å². The number of amides is 1. The fourth-order valence-electron chi connectivity index (χ4n) is 1.79. The number of nitrogens with one attached hydrogen (secondary N) is 2. The molecule has 0 unspecified atom stereocenters. The van der Waals surface area contributed by atoms with Crippen LogP contribution < -0.4 is 10.6 Å². The smallest absolute Gasteiger partial charge is 0.270 e. The van der Waals surface area contributed by atoms with E-state index in [1.54, 1.807) is 18.2 Å². The summed E-state index contributed by atoms with van der Waals surface area (Å²) in [5.41, 5.74) is 0.457. The number of halogens is 1. The van der Waals surface area contributed by atoms with Crippen molar-refractivity contribution in [2.75, 3.05) is 5.32 Å². The Kier molecular flexibility index (Phi) is 4.70. The molecule has 1 amide bonds. The number of carbonyl (C=O) groups is 1. The molecule has 0 fully saturated rings. The molecule has 1 aromatic heterocycles. The molecule has 22 heavy (non-hydrogen) atoms. The number of benzene rings is 1. The highest BCUT2D eigenvalue weighted by atomic mass is 19.1. The lowest BCUT2D eigenvalue weighted by atomic mass is 10.1. The molecule has 0 aliphatic heterocycles. The van der Waals surface area contributed by atoms with Gasteiger partial charge in [0, 0.05) is 23.8 Å². The van der Waals surface area contributed by atoms with E-state index in [-0.39, 0.29) is 29.5 Å². The predicted octanol–water partition coefficient (Wildman–Crippen LogP) is 2.76. The van der Waals surface area contributed by atoms with Crippen LogP contribution in [0.1, 0.15) is 36.8 Å². The van der Waals surface area contributed by atoms with E-state index >= 15 is 0 Å². The first-order chi connectivity index (χ1) is 10.3. The zero-order valence-corrected chi connectivity index (χ0v) is 12.9. The molecule has 0 radical (unpaired) electrons. The van der Waals surface area contributed by atoms with Crippen molar-refractivity contribution >= 4 is 11.9 Å². The van der Waals surface area contributed by atoms with Crippen molar-refractivity contribution in [1.82, 2.24) is 15.3 Å². The van der Waals surface area contributed by atoms with Gasteiger partial charge in [-0.15, -0.1) is 0 Å². The van der Waals surface area contributed by atoms with Crippen molar-refractivity contribution in [2.24, 2.45) is 0 Å². The topological polar surface area (TPSA) is 66.9 Å². The van der Waals surface area contributed by atoms with E-state index in [1.165, 1.54) is 18.3 Å². The van der Waals surface area contributed by atoms with Crippen molar-refractivity contribution in [2.45, 2.75) is 32.9 Å². The normalized spacial score (nSPS) is 11.1. The first-order valence-electron chi connectivity index (χ1n) is 6.98. The summed E-state index contributed by atoms with van der Waals surface area (Å²) in [6.45, 7) is 6.03. The van der Waals surface area contributed by atoms with Crippen LogP contribution in [0.5, 0.6) is 0 Å². The average Bonchev–Trinajstić information content (AvgIpc) is 2.44. The van der Waals surface area contributed by atoms with E-state index in [9.17, 15) is 9.18 Å². The monoisotopic (exact) mass is 302 g/mol. The highest BCUT2D eigenvalue weighted by Gasteiger charge is 2.14. The second kappa shape index (κ2) is 6.51. The Morgan fingerprint density at radius 1 is 1.23 bits per heavy atom. The summed E-state index contributed by atoms with van der Waals surface area (Å²) in [7, 11) is 0. The third kappa shape index (κ3) is 4.51. The summed E-state index contributed by atoms with van der Waals surface area (Å²) in [5, 5.41) is 5.75. The lowest BCUT2D eigenvalue weighted by Gasteiger charge is -2.20. The third-order valence-electron chi connectivity index (χ3n) is 2.77. The van der Waals surface area contributed by atoms with Crippen LogP contribution in [0.25, 0.3) is 0 Å². The molecule has 1 aromatic carbocycles. The van der Waals surface area contributed by atoms with Gasteiger partial charge in [0.2, 0.25) is 5.95 Å². The number of anilines is 1. The summed E-state index contributed by atoms with van der Waals surface area (Å²) >= 11 is 0. The van der Waals surface area contributed by atoms with Crippen LogP contribution in [-0.4, -0.2) is 21.4 Å². The first kappa shape index (κ1) is 15.9. The molecule has 0 bridgehead atoms. The molecular weight excluding hydrogens is 283 g/mol. The quantitative estimate of drug-likeness (QED) is 0.911. The summed E-state index contributed by atoms with van der Waals surface area (Å²) < 4.78 is 13.5. The van der Waals surface area contributed by atoms with Crippen LogP contribution in [0, 0.1) is 5.82 Å². The molecule has 5 nitrogen and oxygen atoms in total. The lowest BCUT2D eigenvalue weighted by Crippen LogP contribution is -2.29. The molecule has 0 aliphatic carbocycles. The zero-order chi connectivity index (χ0) is 16.2. The minimum Gasteiger partial charge on any atom is -0.350 e. The highest BCUT2D eigenvalue weighted by Crippen LogP contribution is 2.10. The standard InChI is InChI=1S/C16H19FN4O/c1-16(2,3)21-15-18-9-8-13(20-15)14(22)19-10-11-6-4-5-7-12(11)17/h4-9H,10H2,1-3H3,(H,19,22)(H,18,20,21). The van der Waals surface area contributed by atoms with Gasteiger partial charge in [0.15, 0.2) is 0 Å². The van der Waals surface area contributed by atoms with Gasteiger partial charge in [-0.3, -0.25) is 4.79 Å². The van der Waals surface area contributed by atoms with Crippen LogP contribution >= 0.6 is 0 Å². The van der Waals surface area contributed by atoms with Crippen LogP contribution in [-0.2, 0) is 6.54 Å². The van der Waals surface area contributed by atoms with Gasteiger partial charge in [-0.1, -0.05) is 18.2 Å².